The molecule has 3 rings (SSSR count). The van der Waals surface area contributed by atoms with E-state index in [1.807, 2.05) is 55.5 Å². The Hall–Kier alpha value is -1.96. The molecule has 22 heavy (non-hydrogen) atoms. The number of benzene rings is 2. The van der Waals surface area contributed by atoms with Crippen LogP contribution in [0.15, 0.2) is 72.3 Å². The molecule has 0 bridgehead atoms. The molecule has 1 saturated carbocycles. The van der Waals surface area contributed by atoms with Gasteiger partial charge in [0.25, 0.3) is 6.08 Å². The van der Waals surface area contributed by atoms with Gasteiger partial charge in [-0.2, -0.15) is 8.78 Å². The largest absolute Gasteiger partial charge is 0.270 e. The second-order valence-electron chi connectivity index (χ2n) is 6.30. The first kappa shape index (κ1) is 15.0. The van der Waals surface area contributed by atoms with Crippen LogP contribution in [0.4, 0.5) is 8.78 Å². The lowest BCUT2D eigenvalue weighted by molar-refractivity contribution is 0.228. The Morgan fingerprint density at radius 3 is 2.18 bits per heavy atom. The van der Waals surface area contributed by atoms with Crippen LogP contribution >= 0.6 is 0 Å². The third-order valence-corrected chi connectivity index (χ3v) is 4.90. The van der Waals surface area contributed by atoms with Crippen LogP contribution < -0.4 is 0 Å². The van der Waals surface area contributed by atoms with Crippen molar-refractivity contribution < 1.29 is 8.78 Å². The Morgan fingerprint density at radius 1 is 1.00 bits per heavy atom. The molecular formula is C20H20F2. The van der Waals surface area contributed by atoms with E-state index >= 15 is 0 Å². The van der Waals surface area contributed by atoms with Crippen molar-refractivity contribution in [1.82, 2.24) is 0 Å². The highest BCUT2D eigenvalue weighted by molar-refractivity contribution is 5.43. The maximum Gasteiger partial charge on any atom is 0.270 e. The van der Waals surface area contributed by atoms with E-state index in [9.17, 15) is 8.78 Å². The van der Waals surface area contributed by atoms with Gasteiger partial charge in [0.15, 0.2) is 0 Å². The topological polar surface area (TPSA) is 0 Å². The van der Waals surface area contributed by atoms with Crippen LogP contribution in [-0.4, -0.2) is 0 Å². The predicted molar refractivity (Wildman–Crippen MR) is 85.9 cm³/mol. The summed E-state index contributed by atoms with van der Waals surface area (Å²) in [4.78, 5) is 0. The number of rotatable bonds is 4. The first-order chi connectivity index (χ1) is 10.6. The minimum atomic E-state index is -1.49. The van der Waals surface area contributed by atoms with Crippen LogP contribution in [0.1, 0.15) is 30.9 Å². The van der Waals surface area contributed by atoms with Gasteiger partial charge in [-0.1, -0.05) is 67.6 Å². The van der Waals surface area contributed by atoms with Crippen molar-refractivity contribution >= 4 is 0 Å². The lowest BCUT2D eigenvalue weighted by Gasteiger charge is -2.48. The minimum Gasteiger partial charge on any atom is -0.173 e. The van der Waals surface area contributed by atoms with Crippen LogP contribution in [0, 0.1) is 5.92 Å². The zero-order chi connectivity index (χ0) is 15.6. The maximum absolute atomic E-state index is 13.5. The molecule has 0 amide bonds. The quantitative estimate of drug-likeness (QED) is 0.674. The van der Waals surface area contributed by atoms with Crippen molar-refractivity contribution in [3.63, 3.8) is 0 Å². The molecule has 2 aromatic carbocycles. The summed E-state index contributed by atoms with van der Waals surface area (Å²) in [6.07, 6.45) is 0.957. The smallest absolute Gasteiger partial charge is 0.173 e. The monoisotopic (exact) mass is 298 g/mol. The second-order valence-corrected chi connectivity index (χ2v) is 6.30. The summed E-state index contributed by atoms with van der Waals surface area (Å²) < 4.78 is 27.0. The molecule has 1 aliphatic carbocycles. The molecule has 2 heteroatoms. The van der Waals surface area contributed by atoms with Crippen LogP contribution in [0.25, 0.3) is 0 Å². The molecule has 2 aromatic rings. The van der Waals surface area contributed by atoms with Crippen molar-refractivity contribution in [2.24, 2.45) is 5.92 Å². The summed E-state index contributed by atoms with van der Waals surface area (Å²) >= 11 is 0. The normalized spacial score (nSPS) is 24.0. The molecule has 0 aliphatic heterocycles. The third-order valence-electron chi connectivity index (χ3n) is 4.90. The molecule has 2 unspecified atom stereocenters. The van der Waals surface area contributed by atoms with Gasteiger partial charge in [-0.25, -0.2) is 0 Å². The highest BCUT2D eigenvalue weighted by Gasteiger charge is 2.49. The van der Waals surface area contributed by atoms with Crippen molar-refractivity contribution in [3.8, 4) is 0 Å². The zero-order valence-electron chi connectivity index (χ0n) is 12.7. The van der Waals surface area contributed by atoms with Crippen LogP contribution in [0.5, 0.6) is 0 Å². The lowest BCUT2D eigenvalue weighted by Crippen LogP contribution is -2.42. The molecule has 0 spiro atoms. The second kappa shape index (κ2) is 6.04. The van der Waals surface area contributed by atoms with Gasteiger partial charge >= 0.3 is 0 Å². The van der Waals surface area contributed by atoms with Crippen LogP contribution in [-0.2, 0) is 11.8 Å². The highest BCUT2D eigenvalue weighted by Crippen LogP contribution is 2.55. The van der Waals surface area contributed by atoms with E-state index < -0.39 is 11.5 Å². The molecule has 0 saturated heterocycles. The predicted octanol–water partition coefficient (Wildman–Crippen LogP) is 5.75. The minimum absolute atomic E-state index is 0.00425. The summed E-state index contributed by atoms with van der Waals surface area (Å²) in [5.41, 5.74) is 2.05. The Balaban J connectivity index is 1.75. The SMILES string of the molecule is CC1(c2ccccc2)CC(CCc2ccccc2)C1=C(F)F. The number of allylic oxidation sites excluding steroid dienone is 1. The average molecular weight is 298 g/mol. The van der Waals surface area contributed by atoms with E-state index in [1.54, 1.807) is 0 Å². The van der Waals surface area contributed by atoms with Gasteiger partial charge < -0.3 is 0 Å². The standard InChI is InChI=1S/C20H20F2/c1-20(17-10-6-3-7-11-17)14-16(18(20)19(21)22)13-12-15-8-4-2-5-9-15/h2-11,16H,12-14H2,1H3. The first-order valence-corrected chi connectivity index (χ1v) is 7.76. The van der Waals surface area contributed by atoms with Crippen molar-refractivity contribution in [1.29, 1.82) is 0 Å². The van der Waals surface area contributed by atoms with E-state index in [2.05, 4.69) is 12.1 Å². The first-order valence-electron chi connectivity index (χ1n) is 7.76. The van der Waals surface area contributed by atoms with Crippen LogP contribution in [0.2, 0.25) is 0 Å². The lowest BCUT2D eigenvalue weighted by atomic mass is 9.55. The fourth-order valence-corrected chi connectivity index (χ4v) is 3.70. The molecule has 0 heterocycles. The Kier molecular flexibility index (Phi) is 4.10. The summed E-state index contributed by atoms with van der Waals surface area (Å²) in [7, 11) is 0. The maximum atomic E-state index is 13.5. The van der Waals surface area contributed by atoms with E-state index in [1.165, 1.54) is 5.56 Å². The average Bonchev–Trinajstić information content (AvgIpc) is 2.52. The van der Waals surface area contributed by atoms with Gasteiger partial charge in [0.1, 0.15) is 0 Å². The van der Waals surface area contributed by atoms with Gasteiger partial charge in [0.05, 0.1) is 0 Å². The Morgan fingerprint density at radius 2 is 1.59 bits per heavy atom. The molecule has 0 N–H and O–H groups in total. The fraction of sp³-hybridized carbons (Fsp3) is 0.300. The molecule has 1 aliphatic rings. The highest BCUT2D eigenvalue weighted by atomic mass is 19.3. The molecule has 0 nitrogen and oxygen atoms in total. The zero-order valence-corrected chi connectivity index (χ0v) is 12.7. The molecule has 0 radical (unpaired) electrons. The van der Waals surface area contributed by atoms with E-state index in [-0.39, 0.29) is 5.92 Å². The summed E-state index contributed by atoms with van der Waals surface area (Å²) in [6.45, 7) is 1.94. The number of aryl methyl sites for hydroxylation is 1. The summed E-state index contributed by atoms with van der Waals surface area (Å²) in [5.74, 6) is -0.00425. The van der Waals surface area contributed by atoms with Crippen molar-refractivity contribution in [3.05, 3.63) is 83.4 Å². The Bertz CT molecular complexity index is 657. The summed E-state index contributed by atoms with van der Waals surface area (Å²) in [6, 6.07) is 19.8. The Labute approximate surface area is 130 Å². The third kappa shape index (κ3) is 2.70. The van der Waals surface area contributed by atoms with Gasteiger partial charge in [0, 0.05) is 11.0 Å². The van der Waals surface area contributed by atoms with Gasteiger partial charge in [-0.3, -0.25) is 0 Å². The van der Waals surface area contributed by atoms with Gasteiger partial charge in [-0.05, 0) is 36.3 Å². The molecule has 0 aromatic heterocycles. The molecular weight excluding hydrogens is 278 g/mol. The van der Waals surface area contributed by atoms with E-state index in [0.29, 0.717) is 5.57 Å². The number of hydrogen-bond donors (Lipinski definition) is 0. The van der Waals surface area contributed by atoms with Crippen molar-refractivity contribution in [2.45, 2.75) is 31.6 Å². The molecule has 114 valence electrons. The van der Waals surface area contributed by atoms with E-state index in [4.69, 9.17) is 0 Å². The van der Waals surface area contributed by atoms with Crippen LogP contribution in [0.3, 0.4) is 0 Å². The molecule has 2 atom stereocenters. The number of hydrogen-bond acceptors (Lipinski definition) is 0. The van der Waals surface area contributed by atoms with Crippen molar-refractivity contribution in [2.75, 3.05) is 0 Å². The van der Waals surface area contributed by atoms with E-state index in [0.717, 1.165) is 24.8 Å². The van der Waals surface area contributed by atoms with Gasteiger partial charge in [0.2, 0.25) is 0 Å². The van der Waals surface area contributed by atoms with Gasteiger partial charge in [-0.15, -0.1) is 0 Å². The molecule has 1 fully saturated rings. The fourth-order valence-electron chi connectivity index (χ4n) is 3.70. The summed E-state index contributed by atoms with van der Waals surface area (Å²) in [5, 5.41) is 0. The number of halogens is 2.